The summed E-state index contributed by atoms with van der Waals surface area (Å²) in [6.45, 7) is 5.31. The molecule has 7 nitrogen and oxygen atoms in total. The van der Waals surface area contributed by atoms with Crippen LogP contribution in [-0.4, -0.2) is 48.7 Å². The average Bonchev–Trinajstić information content (AvgIpc) is 3.21. The summed E-state index contributed by atoms with van der Waals surface area (Å²) in [7, 11) is 0. The molecule has 2 aromatic rings. The molecule has 0 spiro atoms. The summed E-state index contributed by atoms with van der Waals surface area (Å²) in [4.78, 5) is 22.8. The predicted molar refractivity (Wildman–Crippen MR) is 98.9 cm³/mol. The van der Waals surface area contributed by atoms with E-state index in [0.29, 0.717) is 25.5 Å². The second-order valence-corrected chi connectivity index (χ2v) is 5.96. The molecule has 1 aromatic heterocycles. The van der Waals surface area contributed by atoms with E-state index < -0.39 is 0 Å². The molecule has 7 heteroatoms. The van der Waals surface area contributed by atoms with Gasteiger partial charge in [0.05, 0.1) is 13.2 Å². The first-order valence-electron chi connectivity index (χ1n) is 8.97. The highest BCUT2D eigenvalue weighted by Crippen LogP contribution is 2.18. The minimum atomic E-state index is -0.219. The number of rotatable bonds is 8. The number of carbonyl (C=O) groups is 1. The Hall–Kier alpha value is -2.83. The summed E-state index contributed by atoms with van der Waals surface area (Å²) in [5, 5.41) is 2.82. The van der Waals surface area contributed by atoms with Gasteiger partial charge in [-0.1, -0.05) is 0 Å². The van der Waals surface area contributed by atoms with Gasteiger partial charge < -0.3 is 19.7 Å². The molecule has 0 saturated carbocycles. The molecule has 26 heavy (non-hydrogen) atoms. The van der Waals surface area contributed by atoms with Gasteiger partial charge in [-0.25, -0.2) is 9.97 Å². The zero-order valence-corrected chi connectivity index (χ0v) is 15.0. The molecule has 1 fully saturated rings. The fourth-order valence-electron chi connectivity index (χ4n) is 2.81. The molecule has 0 bridgehead atoms. The maximum absolute atomic E-state index is 12.2. The van der Waals surface area contributed by atoms with Crippen LogP contribution >= 0.6 is 0 Å². The lowest BCUT2D eigenvalue weighted by molar-refractivity contribution is 0.0942. The van der Waals surface area contributed by atoms with Crippen molar-refractivity contribution in [1.82, 2.24) is 15.3 Å². The van der Waals surface area contributed by atoms with Crippen LogP contribution in [0.1, 0.15) is 30.3 Å². The lowest BCUT2D eigenvalue weighted by Gasteiger charge is -2.16. The summed E-state index contributed by atoms with van der Waals surface area (Å²) in [5.41, 5.74) is 0.378. The van der Waals surface area contributed by atoms with Gasteiger partial charge in [0.25, 0.3) is 5.91 Å². The van der Waals surface area contributed by atoms with Crippen molar-refractivity contribution in [3.63, 3.8) is 0 Å². The Kier molecular flexibility index (Phi) is 6.24. The van der Waals surface area contributed by atoms with Crippen molar-refractivity contribution >= 4 is 11.7 Å². The topological polar surface area (TPSA) is 76.6 Å². The molecule has 1 aromatic carbocycles. The molecule has 0 radical (unpaired) electrons. The Labute approximate surface area is 153 Å². The monoisotopic (exact) mass is 356 g/mol. The number of nitrogens with zero attached hydrogens (tertiary/aromatic N) is 3. The maximum Gasteiger partial charge on any atom is 0.270 e. The number of aromatic nitrogens is 2. The van der Waals surface area contributed by atoms with Gasteiger partial charge in [0.2, 0.25) is 0 Å². The maximum atomic E-state index is 12.2. The van der Waals surface area contributed by atoms with E-state index in [2.05, 4.69) is 20.2 Å². The van der Waals surface area contributed by atoms with Crippen LogP contribution in [0.5, 0.6) is 11.5 Å². The highest BCUT2D eigenvalue weighted by molar-refractivity contribution is 5.92. The summed E-state index contributed by atoms with van der Waals surface area (Å²) >= 11 is 0. The van der Waals surface area contributed by atoms with Gasteiger partial charge in [0.1, 0.15) is 35.9 Å². The first-order chi connectivity index (χ1) is 12.8. The van der Waals surface area contributed by atoms with Crippen LogP contribution < -0.4 is 19.7 Å². The SMILES string of the molecule is CCOc1ccc(OCCNC(=O)c2cc(N3CCCC3)ncn2)cc1. The lowest BCUT2D eigenvalue weighted by atomic mass is 10.3. The first kappa shape index (κ1) is 18.0. The van der Waals surface area contributed by atoms with Gasteiger partial charge in [-0.05, 0) is 44.0 Å². The molecule has 1 saturated heterocycles. The number of anilines is 1. The van der Waals surface area contributed by atoms with Crippen LogP contribution in [0.25, 0.3) is 0 Å². The van der Waals surface area contributed by atoms with Crippen LogP contribution in [0.2, 0.25) is 0 Å². The van der Waals surface area contributed by atoms with Gasteiger partial charge >= 0.3 is 0 Å². The molecule has 2 heterocycles. The number of hydrogen-bond acceptors (Lipinski definition) is 6. The molecule has 0 unspecified atom stereocenters. The number of amides is 1. The van der Waals surface area contributed by atoms with E-state index in [1.807, 2.05) is 31.2 Å². The molecule has 1 N–H and O–H groups in total. The van der Waals surface area contributed by atoms with Crippen LogP contribution in [0.15, 0.2) is 36.7 Å². The number of carbonyl (C=O) groups excluding carboxylic acids is 1. The van der Waals surface area contributed by atoms with E-state index in [9.17, 15) is 4.79 Å². The Morgan fingerprint density at radius 1 is 1.12 bits per heavy atom. The van der Waals surface area contributed by atoms with Crippen LogP contribution in [0.3, 0.4) is 0 Å². The van der Waals surface area contributed by atoms with Gasteiger partial charge in [-0.15, -0.1) is 0 Å². The zero-order valence-electron chi connectivity index (χ0n) is 15.0. The van der Waals surface area contributed by atoms with Crippen molar-refractivity contribution in [2.45, 2.75) is 19.8 Å². The molecular formula is C19H24N4O3. The van der Waals surface area contributed by atoms with E-state index in [4.69, 9.17) is 9.47 Å². The highest BCUT2D eigenvalue weighted by atomic mass is 16.5. The summed E-state index contributed by atoms with van der Waals surface area (Å²) in [6.07, 6.45) is 3.77. The van der Waals surface area contributed by atoms with Crippen molar-refractivity contribution in [1.29, 1.82) is 0 Å². The number of nitrogens with one attached hydrogen (secondary N) is 1. The van der Waals surface area contributed by atoms with Crippen LogP contribution in [0, 0.1) is 0 Å². The Bertz CT molecular complexity index is 715. The number of hydrogen-bond donors (Lipinski definition) is 1. The fourth-order valence-corrected chi connectivity index (χ4v) is 2.81. The summed E-state index contributed by atoms with van der Waals surface area (Å²) in [6, 6.07) is 9.16. The predicted octanol–water partition coefficient (Wildman–Crippen LogP) is 2.28. The second kappa shape index (κ2) is 9.03. The van der Waals surface area contributed by atoms with Gasteiger partial charge in [0, 0.05) is 19.2 Å². The van der Waals surface area contributed by atoms with Crippen molar-refractivity contribution in [2.24, 2.45) is 0 Å². The molecule has 1 aliphatic heterocycles. The largest absolute Gasteiger partial charge is 0.494 e. The normalized spacial score (nSPS) is 13.5. The van der Waals surface area contributed by atoms with Gasteiger partial charge in [-0.2, -0.15) is 0 Å². The summed E-state index contributed by atoms with van der Waals surface area (Å²) < 4.78 is 11.0. The Balaban J connectivity index is 1.44. The average molecular weight is 356 g/mol. The minimum Gasteiger partial charge on any atom is -0.494 e. The number of ether oxygens (including phenoxy) is 2. The van der Waals surface area contributed by atoms with E-state index >= 15 is 0 Å². The van der Waals surface area contributed by atoms with Crippen molar-refractivity contribution in [2.75, 3.05) is 37.7 Å². The van der Waals surface area contributed by atoms with Gasteiger partial charge in [-0.3, -0.25) is 4.79 Å². The molecule has 0 atom stereocenters. The lowest BCUT2D eigenvalue weighted by Crippen LogP contribution is -2.29. The molecule has 1 aliphatic rings. The third kappa shape index (κ3) is 4.84. The third-order valence-electron chi connectivity index (χ3n) is 4.11. The molecule has 3 rings (SSSR count). The van der Waals surface area contributed by atoms with E-state index in [1.165, 1.54) is 6.33 Å². The highest BCUT2D eigenvalue weighted by Gasteiger charge is 2.16. The Morgan fingerprint density at radius 3 is 2.50 bits per heavy atom. The third-order valence-corrected chi connectivity index (χ3v) is 4.11. The minimum absolute atomic E-state index is 0.219. The second-order valence-electron chi connectivity index (χ2n) is 5.96. The fraction of sp³-hybridized carbons (Fsp3) is 0.421. The molecule has 138 valence electrons. The number of benzene rings is 1. The Morgan fingerprint density at radius 2 is 1.81 bits per heavy atom. The first-order valence-corrected chi connectivity index (χ1v) is 8.97. The van der Waals surface area contributed by atoms with Crippen molar-refractivity contribution < 1.29 is 14.3 Å². The molecule has 1 amide bonds. The van der Waals surface area contributed by atoms with E-state index in [-0.39, 0.29) is 5.91 Å². The van der Waals surface area contributed by atoms with E-state index in [1.54, 1.807) is 6.07 Å². The van der Waals surface area contributed by atoms with Crippen LogP contribution in [-0.2, 0) is 0 Å². The quantitative estimate of drug-likeness (QED) is 0.732. The summed E-state index contributed by atoms with van der Waals surface area (Å²) in [5.74, 6) is 2.14. The molecule has 0 aliphatic carbocycles. The van der Waals surface area contributed by atoms with Crippen LogP contribution in [0.4, 0.5) is 5.82 Å². The molecular weight excluding hydrogens is 332 g/mol. The van der Waals surface area contributed by atoms with Crippen molar-refractivity contribution in [3.8, 4) is 11.5 Å². The standard InChI is InChI=1S/C19H24N4O3/c1-2-25-15-5-7-16(8-6-15)26-12-9-20-19(24)17-13-18(22-14-21-17)23-10-3-4-11-23/h5-8,13-14H,2-4,9-12H2,1H3,(H,20,24). The van der Waals surface area contributed by atoms with Gasteiger partial charge in [0.15, 0.2) is 0 Å². The van der Waals surface area contributed by atoms with Crippen molar-refractivity contribution in [3.05, 3.63) is 42.4 Å². The smallest absolute Gasteiger partial charge is 0.270 e. The zero-order chi connectivity index (χ0) is 18.2. The van der Waals surface area contributed by atoms with E-state index in [0.717, 1.165) is 43.2 Å².